The maximum atomic E-state index is 5.91. The number of halogens is 1. The van der Waals surface area contributed by atoms with Crippen molar-refractivity contribution in [2.24, 2.45) is 11.8 Å². The fourth-order valence-corrected chi connectivity index (χ4v) is 2.75. The molecule has 90 valence electrons. The van der Waals surface area contributed by atoms with Gasteiger partial charge in [-0.3, -0.25) is 0 Å². The van der Waals surface area contributed by atoms with E-state index in [0.717, 1.165) is 28.2 Å². The van der Waals surface area contributed by atoms with Gasteiger partial charge in [-0.05, 0) is 45.4 Å². The van der Waals surface area contributed by atoms with E-state index in [1.807, 2.05) is 0 Å². The minimum atomic E-state index is 0.732. The molecular formula is C13H27ClN+. The Balaban J connectivity index is 2.35. The molecule has 0 atom stereocenters. The number of rotatable bonds is 4. The topological polar surface area (TPSA) is 0 Å². The van der Waals surface area contributed by atoms with Crippen LogP contribution in [0.1, 0.15) is 39.5 Å². The van der Waals surface area contributed by atoms with Crippen molar-refractivity contribution in [2.45, 2.75) is 45.6 Å². The summed E-state index contributed by atoms with van der Waals surface area (Å²) < 4.78 is 1.16. The van der Waals surface area contributed by atoms with Crippen LogP contribution in [0, 0.1) is 11.8 Å². The number of alkyl halides is 1. The molecule has 0 unspecified atom stereocenters. The summed E-state index contributed by atoms with van der Waals surface area (Å²) in [5.41, 5.74) is 0. The molecule has 0 aromatic heterocycles. The first-order valence-electron chi connectivity index (χ1n) is 6.34. The highest BCUT2D eigenvalue weighted by Crippen LogP contribution is 2.31. The van der Waals surface area contributed by atoms with E-state index >= 15 is 0 Å². The Morgan fingerprint density at radius 3 is 1.93 bits per heavy atom. The molecule has 0 aromatic rings. The molecule has 0 heterocycles. The Morgan fingerprint density at radius 2 is 1.53 bits per heavy atom. The fraction of sp³-hybridized carbons (Fsp3) is 1.00. The highest BCUT2D eigenvalue weighted by molar-refractivity contribution is 6.18. The maximum absolute atomic E-state index is 5.91. The Hall–Kier alpha value is 0.250. The summed E-state index contributed by atoms with van der Waals surface area (Å²) in [7, 11) is 4.72. The van der Waals surface area contributed by atoms with Gasteiger partial charge in [0, 0.05) is 11.8 Å². The molecule has 0 N–H and O–H groups in total. The predicted octanol–water partition coefficient (Wildman–Crippen LogP) is 3.52. The molecule has 1 saturated carbocycles. The van der Waals surface area contributed by atoms with Crippen molar-refractivity contribution >= 4 is 11.6 Å². The molecular weight excluding hydrogens is 206 g/mol. The molecule has 1 nitrogen and oxygen atoms in total. The van der Waals surface area contributed by atoms with Gasteiger partial charge in [0.05, 0.1) is 26.7 Å². The normalized spacial score (nSPS) is 28.4. The van der Waals surface area contributed by atoms with Crippen molar-refractivity contribution in [2.75, 3.05) is 26.5 Å². The summed E-state index contributed by atoms with van der Waals surface area (Å²) in [6, 6.07) is 0.732. The van der Waals surface area contributed by atoms with Crippen molar-refractivity contribution in [3.63, 3.8) is 0 Å². The second-order valence-electron chi connectivity index (χ2n) is 6.10. The second-order valence-corrected chi connectivity index (χ2v) is 6.40. The number of quaternary nitrogens is 1. The lowest BCUT2D eigenvalue weighted by Crippen LogP contribution is -2.49. The molecule has 1 aliphatic carbocycles. The van der Waals surface area contributed by atoms with Crippen LogP contribution in [0.15, 0.2) is 0 Å². The van der Waals surface area contributed by atoms with Crippen LogP contribution in [0.4, 0.5) is 0 Å². The molecule has 1 rings (SSSR count). The van der Waals surface area contributed by atoms with Crippen LogP contribution in [0.3, 0.4) is 0 Å². The summed E-state index contributed by atoms with van der Waals surface area (Å²) in [5, 5.41) is 0. The smallest absolute Gasteiger partial charge is 0.0829 e. The summed E-state index contributed by atoms with van der Waals surface area (Å²) in [6.07, 6.45) is 5.50. The summed E-state index contributed by atoms with van der Waals surface area (Å²) in [6.45, 7) is 5.99. The van der Waals surface area contributed by atoms with Crippen LogP contribution in [-0.4, -0.2) is 37.0 Å². The van der Waals surface area contributed by atoms with E-state index in [9.17, 15) is 0 Å². The van der Waals surface area contributed by atoms with E-state index in [2.05, 4.69) is 27.9 Å². The van der Waals surface area contributed by atoms with Crippen LogP contribution in [0.25, 0.3) is 0 Å². The minimum absolute atomic E-state index is 0.732. The standard InChI is InChI=1S/C13H27ClN/c1-11(2)15(3,4)10-13-7-5-12(9-14)6-8-13/h11-13H,5-10H2,1-4H3/q+1. The van der Waals surface area contributed by atoms with E-state index in [0.29, 0.717) is 0 Å². The van der Waals surface area contributed by atoms with E-state index in [1.165, 1.54) is 32.2 Å². The molecule has 0 spiro atoms. The van der Waals surface area contributed by atoms with Gasteiger partial charge in [-0.1, -0.05) is 0 Å². The third-order valence-corrected chi connectivity index (χ3v) is 4.75. The molecule has 2 heteroatoms. The quantitative estimate of drug-likeness (QED) is 0.514. The summed E-state index contributed by atoms with van der Waals surface area (Å²) in [5.74, 6) is 2.61. The lowest BCUT2D eigenvalue weighted by atomic mass is 9.82. The van der Waals surface area contributed by atoms with Crippen LogP contribution in [-0.2, 0) is 0 Å². The summed E-state index contributed by atoms with van der Waals surface area (Å²) >= 11 is 5.91. The number of nitrogens with zero attached hydrogens (tertiary/aromatic N) is 1. The molecule has 0 bridgehead atoms. The second kappa shape index (κ2) is 5.54. The van der Waals surface area contributed by atoms with E-state index < -0.39 is 0 Å². The average Bonchev–Trinajstić information content (AvgIpc) is 2.18. The van der Waals surface area contributed by atoms with Gasteiger partial charge in [0.1, 0.15) is 0 Å². The summed E-state index contributed by atoms with van der Waals surface area (Å²) in [4.78, 5) is 0. The van der Waals surface area contributed by atoms with Gasteiger partial charge in [0.15, 0.2) is 0 Å². The zero-order chi connectivity index (χ0) is 11.5. The van der Waals surface area contributed by atoms with Crippen molar-refractivity contribution in [3.05, 3.63) is 0 Å². The van der Waals surface area contributed by atoms with Crippen molar-refractivity contribution in [1.82, 2.24) is 0 Å². The van der Waals surface area contributed by atoms with Crippen LogP contribution < -0.4 is 0 Å². The van der Waals surface area contributed by atoms with E-state index in [-0.39, 0.29) is 0 Å². The Kier molecular flexibility index (Phi) is 4.92. The van der Waals surface area contributed by atoms with Gasteiger partial charge in [-0.25, -0.2) is 0 Å². The molecule has 0 aliphatic heterocycles. The third-order valence-electron chi connectivity index (χ3n) is 4.31. The average molecular weight is 233 g/mol. The van der Waals surface area contributed by atoms with E-state index in [1.54, 1.807) is 0 Å². The number of hydrogen-bond acceptors (Lipinski definition) is 0. The number of hydrogen-bond donors (Lipinski definition) is 0. The largest absolute Gasteiger partial charge is 0.326 e. The third kappa shape index (κ3) is 3.96. The van der Waals surface area contributed by atoms with Crippen LogP contribution in [0.2, 0.25) is 0 Å². The first-order valence-corrected chi connectivity index (χ1v) is 6.87. The van der Waals surface area contributed by atoms with Crippen LogP contribution >= 0.6 is 11.6 Å². The monoisotopic (exact) mass is 232 g/mol. The lowest BCUT2D eigenvalue weighted by Gasteiger charge is -2.39. The molecule has 1 aliphatic rings. The molecule has 1 fully saturated rings. The van der Waals surface area contributed by atoms with Crippen molar-refractivity contribution < 1.29 is 4.48 Å². The lowest BCUT2D eigenvalue weighted by molar-refractivity contribution is -0.914. The molecule has 15 heavy (non-hydrogen) atoms. The fourth-order valence-electron chi connectivity index (χ4n) is 2.44. The van der Waals surface area contributed by atoms with Gasteiger partial charge in [0.2, 0.25) is 0 Å². The maximum Gasteiger partial charge on any atom is 0.0829 e. The SMILES string of the molecule is CC(C)[N+](C)(C)CC1CCC(CCl)CC1. The molecule has 0 saturated heterocycles. The van der Waals surface area contributed by atoms with Gasteiger partial charge in [-0.2, -0.15) is 0 Å². The van der Waals surface area contributed by atoms with Gasteiger partial charge < -0.3 is 4.48 Å². The predicted molar refractivity (Wildman–Crippen MR) is 68.3 cm³/mol. The van der Waals surface area contributed by atoms with Gasteiger partial charge >= 0.3 is 0 Å². The Bertz CT molecular complexity index is 181. The van der Waals surface area contributed by atoms with Crippen molar-refractivity contribution in [3.8, 4) is 0 Å². The highest BCUT2D eigenvalue weighted by Gasteiger charge is 2.28. The van der Waals surface area contributed by atoms with Gasteiger partial charge in [0.25, 0.3) is 0 Å². The molecule has 0 amide bonds. The highest BCUT2D eigenvalue weighted by atomic mass is 35.5. The van der Waals surface area contributed by atoms with Gasteiger partial charge in [-0.15, -0.1) is 11.6 Å². The zero-order valence-electron chi connectivity index (χ0n) is 10.8. The molecule has 0 radical (unpaired) electrons. The molecule has 0 aromatic carbocycles. The minimum Gasteiger partial charge on any atom is -0.326 e. The van der Waals surface area contributed by atoms with Crippen LogP contribution in [0.5, 0.6) is 0 Å². The first kappa shape index (κ1) is 13.3. The van der Waals surface area contributed by atoms with E-state index in [4.69, 9.17) is 11.6 Å². The zero-order valence-corrected chi connectivity index (χ0v) is 11.6. The Labute approximate surface area is 100 Å². The first-order chi connectivity index (χ1) is 6.95. The Morgan fingerprint density at radius 1 is 1.07 bits per heavy atom. The van der Waals surface area contributed by atoms with Crippen molar-refractivity contribution in [1.29, 1.82) is 0 Å².